The van der Waals surface area contributed by atoms with Crippen LogP contribution < -0.4 is 10.1 Å². The molecule has 1 saturated carbocycles. The second-order valence-corrected chi connectivity index (χ2v) is 12.4. The van der Waals surface area contributed by atoms with Gasteiger partial charge in [0.15, 0.2) is 0 Å². The quantitative estimate of drug-likeness (QED) is 0.430. The van der Waals surface area contributed by atoms with Crippen LogP contribution in [0.1, 0.15) is 58.5 Å². The molecule has 3 heterocycles. The summed E-state index contributed by atoms with van der Waals surface area (Å²) in [4.78, 5) is 79.6. The molecule has 0 spiro atoms. The van der Waals surface area contributed by atoms with E-state index in [1.54, 1.807) is 17.0 Å². The molecule has 3 atom stereocenters. The topological polar surface area (TPSA) is 154 Å². The number of amides is 5. The molecule has 2 aromatic rings. The Kier molecular flexibility index (Phi) is 7.48. The maximum Gasteiger partial charge on any atom is 0.307 e. The van der Waals surface area contributed by atoms with Crippen molar-refractivity contribution in [3.8, 4) is 5.75 Å². The van der Waals surface area contributed by atoms with E-state index in [0.717, 1.165) is 16.0 Å². The van der Waals surface area contributed by atoms with E-state index in [9.17, 15) is 33.9 Å². The van der Waals surface area contributed by atoms with Crippen molar-refractivity contribution in [1.29, 1.82) is 0 Å². The molecule has 1 aliphatic carbocycles. The summed E-state index contributed by atoms with van der Waals surface area (Å²) in [5.74, 6) is -4.09. The van der Waals surface area contributed by atoms with Crippen LogP contribution in [0.2, 0.25) is 0 Å². The van der Waals surface area contributed by atoms with Crippen molar-refractivity contribution in [3.63, 3.8) is 0 Å². The molecule has 2 saturated heterocycles. The first-order valence-corrected chi connectivity index (χ1v) is 14.8. The fourth-order valence-corrected chi connectivity index (χ4v) is 6.65. The highest BCUT2D eigenvalue weighted by Crippen LogP contribution is 2.59. The number of hydrogen-bond donors (Lipinski definition) is 2. The van der Waals surface area contributed by atoms with E-state index in [0.29, 0.717) is 32.7 Å². The number of nitrogens with one attached hydrogen (secondary N) is 1. The van der Waals surface area contributed by atoms with Crippen molar-refractivity contribution in [2.24, 2.45) is 17.3 Å². The van der Waals surface area contributed by atoms with Gasteiger partial charge in [0.05, 0.1) is 23.0 Å². The number of carboxylic acids is 1. The fourth-order valence-electron chi connectivity index (χ4n) is 6.65. The van der Waals surface area contributed by atoms with Gasteiger partial charge in [0.25, 0.3) is 11.8 Å². The monoisotopic (exact) mass is 602 g/mol. The van der Waals surface area contributed by atoms with Gasteiger partial charge < -0.3 is 14.7 Å². The first-order chi connectivity index (χ1) is 21.0. The summed E-state index contributed by atoms with van der Waals surface area (Å²) >= 11 is 0. The summed E-state index contributed by atoms with van der Waals surface area (Å²) in [6.45, 7) is 7.06. The summed E-state index contributed by atoms with van der Waals surface area (Å²) < 4.78 is 5.98. The predicted molar refractivity (Wildman–Crippen MR) is 154 cm³/mol. The summed E-state index contributed by atoms with van der Waals surface area (Å²) in [6.07, 6.45) is 0.130. The molecule has 2 aromatic carbocycles. The maximum atomic E-state index is 13.3. The average Bonchev–Trinajstić information content (AvgIpc) is 3.50. The molecular weight excluding hydrogens is 568 g/mol. The molecular formula is C32H34N4O8. The van der Waals surface area contributed by atoms with Crippen molar-refractivity contribution in [1.82, 2.24) is 20.0 Å². The average molecular weight is 603 g/mol. The van der Waals surface area contributed by atoms with Crippen molar-refractivity contribution in [2.75, 3.05) is 26.2 Å². The number of aliphatic carboxylic acids is 1. The Morgan fingerprint density at radius 3 is 2.25 bits per heavy atom. The molecule has 5 amide bonds. The van der Waals surface area contributed by atoms with E-state index in [1.165, 1.54) is 6.07 Å². The van der Waals surface area contributed by atoms with Crippen LogP contribution in [0.15, 0.2) is 42.5 Å². The van der Waals surface area contributed by atoms with E-state index in [4.69, 9.17) is 4.74 Å². The van der Waals surface area contributed by atoms with Gasteiger partial charge in [-0.3, -0.25) is 43.9 Å². The van der Waals surface area contributed by atoms with E-state index >= 15 is 0 Å². The van der Waals surface area contributed by atoms with E-state index in [2.05, 4.69) is 10.2 Å². The Labute approximate surface area is 253 Å². The molecule has 3 fully saturated rings. The van der Waals surface area contributed by atoms with Crippen molar-refractivity contribution in [2.45, 2.75) is 45.9 Å². The zero-order valence-electron chi connectivity index (χ0n) is 24.6. The maximum absolute atomic E-state index is 13.3. The van der Waals surface area contributed by atoms with Crippen LogP contribution in [0.25, 0.3) is 0 Å². The van der Waals surface area contributed by atoms with Crippen LogP contribution in [-0.4, -0.2) is 87.5 Å². The highest BCUT2D eigenvalue weighted by Gasteiger charge is 2.66. The second-order valence-electron chi connectivity index (χ2n) is 12.4. The van der Waals surface area contributed by atoms with Gasteiger partial charge in [0, 0.05) is 39.1 Å². The molecule has 3 unspecified atom stereocenters. The Morgan fingerprint density at radius 2 is 1.61 bits per heavy atom. The van der Waals surface area contributed by atoms with Gasteiger partial charge in [-0.1, -0.05) is 44.2 Å². The number of ether oxygens (including phenoxy) is 1. The highest BCUT2D eigenvalue weighted by atomic mass is 16.5. The van der Waals surface area contributed by atoms with Gasteiger partial charge in [0.1, 0.15) is 18.4 Å². The number of piperazine rings is 1. The van der Waals surface area contributed by atoms with Crippen molar-refractivity contribution in [3.05, 3.63) is 64.7 Å². The molecule has 0 aromatic heterocycles. The van der Waals surface area contributed by atoms with Gasteiger partial charge in [-0.2, -0.15) is 0 Å². The Balaban J connectivity index is 1.02. The lowest BCUT2D eigenvalue weighted by molar-refractivity contribution is -0.142. The molecule has 2 N–H and O–H groups in total. The molecule has 44 heavy (non-hydrogen) atoms. The Morgan fingerprint density at radius 1 is 0.932 bits per heavy atom. The van der Waals surface area contributed by atoms with Crippen LogP contribution >= 0.6 is 0 Å². The molecule has 12 heteroatoms. The number of imide groups is 2. The first kappa shape index (κ1) is 29.5. The number of nitrogens with zero attached hydrogens (tertiary/aromatic N) is 3. The van der Waals surface area contributed by atoms with Crippen LogP contribution in [0.4, 0.5) is 0 Å². The minimum atomic E-state index is -1.04. The lowest BCUT2D eigenvalue weighted by Gasteiger charge is -2.35. The number of hydrogen-bond acceptors (Lipinski definition) is 8. The largest absolute Gasteiger partial charge is 0.488 e. The minimum absolute atomic E-state index is 0.0485. The van der Waals surface area contributed by atoms with Gasteiger partial charge in [-0.05, 0) is 35.1 Å². The highest BCUT2D eigenvalue weighted by molar-refractivity contribution is 6.24. The fraction of sp³-hybridized carbons (Fsp3) is 0.438. The third-order valence-electron chi connectivity index (χ3n) is 9.30. The molecule has 0 radical (unpaired) electrons. The van der Waals surface area contributed by atoms with E-state index < -0.39 is 52.9 Å². The molecule has 0 bridgehead atoms. The van der Waals surface area contributed by atoms with Gasteiger partial charge in [-0.15, -0.1) is 0 Å². The Hall–Kier alpha value is -4.58. The number of fused-ring (bicyclic) bond motifs is 1. The van der Waals surface area contributed by atoms with Gasteiger partial charge >= 0.3 is 5.97 Å². The number of benzene rings is 2. The third kappa shape index (κ3) is 5.23. The zero-order chi connectivity index (χ0) is 31.3. The van der Waals surface area contributed by atoms with Crippen LogP contribution in [0, 0.1) is 17.3 Å². The smallest absolute Gasteiger partial charge is 0.307 e. The normalized spacial score (nSPS) is 24.6. The summed E-state index contributed by atoms with van der Waals surface area (Å²) in [6, 6.07) is 11.6. The number of carbonyl (C=O) groups is 6. The number of carboxylic acid groups (broad SMARTS) is 1. The van der Waals surface area contributed by atoms with Crippen molar-refractivity contribution >= 4 is 35.5 Å². The SMILES string of the molecule is CC1(C)C(C(=O)O)C1C(=O)N1CCN(Cc2ccc(COc3cccc4c3C(=O)N(C3CCC(=O)NC3=O)C4=O)cc2)CC1. The Bertz CT molecular complexity index is 1560. The minimum Gasteiger partial charge on any atom is -0.488 e. The molecule has 6 rings (SSSR count). The lowest BCUT2D eigenvalue weighted by atomic mass is 10.0. The second kappa shape index (κ2) is 11.2. The standard InChI is InChI=1S/C32H34N4O8/c1-32(2)25(26(32)31(42)43)30(41)35-14-12-34(13-15-35)16-18-6-8-19(9-7-18)17-44-22-5-3-4-20-24(22)29(40)36(28(20)39)21-10-11-23(37)33-27(21)38/h3-9,21,25-26H,10-17H2,1-2H3,(H,42,43)(H,33,37,38). The molecule has 12 nitrogen and oxygen atoms in total. The van der Waals surface area contributed by atoms with E-state index in [-0.39, 0.29) is 42.2 Å². The van der Waals surface area contributed by atoms with Crippen LogP contribution in [0.5, 0.6) is 5.75 Å². The summed E-state index contributed by atoms with van der Waals surface area (Å²) in [7, 11) is 0. The first-order valence-electron chi connectivity index (χ1n) is 14.8. The van der Waals surface area contributed by atoms with Crippen LogP contribution in [0.3, 0.4) is 0 Å². The summed E-state index contributed by atoms with van der Waals surface area (Å²) in [5.41, 5.74) is 1.72. The third-order valence-corrected chi connectivity index (χ3v) is 9.30. The van der Waals surface area contributed by atoms with E-state index in [1.807, 2.05) is 38.1 Å². The van der Waals surface area contributed by atoms with Crippen LogP contribution in [-0.2, 0) is 32.3 Å². The lowest BCUT2D eigenvalue weighted by Crippen LogP contribution is -2.54. The zero-order valence-corrected chi connectivity index (χ0v) is 24.6. The van der Waals surface area contributed by atoms with Crippen molar-refractivity contribution < 1.29 is 38.6 Å². The molecule has 4 aliphatic rings. The summed E-state index contributed by atoms with van der Waals surface area (Å²) in [5, 5.41) is 11.6. The van der Waals surface area contributed by atoms with Gasteiger partial charge in [-0.25, -0.2) is 0 Å². The number of carbonyl (C=O) groups excluding carboxylic acids is 5. The predicted octanol–water partition coefficient (Wildman–Crippen LogP) is 1.67. The number of piperidine rings is 1. The van der Waals surface area contributed by atoms with Gasteiger partial charge in [0.2, 0.25) is 17.7 Å². The molecule has 230 valence electrons. The molecule has 3 aliphatic heterocycles. The number of rotatable bonds is 8.